The molecule has 7 nitrogen and oxygen atoms in total. The molecule has 0 aromatic heterocycles. The van der Waals surface area contributed by atoms with Gasteiger partial charge in [0, 0.05) is 10.6 Å². The predicted molar refractivity (Wildman–Crippen MR) is 111 cm³/mol. The lowest BCUT2D eigenvalue weighted by Gasteiger charge is -2.17. The smallest absolute Gasteiger partial charge is 0.279 e. The molecule has 0 aliphatic heterocycles. The Bertz CT molecular complexity index is 872. The fourth-order valence-corrected chi connectivity index (χ4v) is 2.65. The van der Waals surface area contributed by atoms with Crippen molar-refractivity contribution in [1.29, 1.82) is 0 Å². The fourth-order valence-electron chi connectivity index (χ4n) is 2.42. The van der Waals surface area contributed by atoms with Gasteiger partial charge in [0.25, 0.3) is 11.8 Å². The van der Waals surface area contributed by atoms with Crippen LogP contribution in [0.25, 0.3) is 0 Å². The van der Waals surface area contributed by atoms with Crippen molar-refractivity contribution in [2.75, 3.05) is 13.7 Å². The molecule has 0 bridgehead atoms. The maximum absolute atomic E-state index is 12.3. The molecular weight excluding hydrogens is 396 g/mol. The van der Waals surface area contributed by atoms with Crippen LogP contribution in [0.5, 0.6) is 17.2 Å². The molecule has 0 spiro atoms. The van der Waals surface area contributed by atoms with E-state index in [1.54, 1.807) is 43.3 Å². The molecule has 29 heavy (non-hydrogen) atoms. The zero-order valence-electron chi connectivity index (χ0n) is 16.9. The molecule has 0 saturated heterocycles. The largest absolute Gasteiger partial charge is 0.493 e. The summed E-state index contributed by atoms with van der Waals surface area (Å²) in [5.74, 6) is 0.537. The quantitative estimate of drug-likeness (QED) is 0.636. The van der Waals surface area contributed by atoms with Gasteiger partial charge in [-0.05, 0) is 62.2 Å². The van der Waals surface area contributed by atoms with E-state index in [1.165, 1.54) is 7.11 Å². The van der Waals surface area contributed by atoms with Gasteiger partial charge in [0.2, 0.25) is 0 Å². The van der Waals surface area contributed by atoms with E-state index in [-0.39, 0.29) is 0 Å². The molecule has 2 amide bonds. The summed E-state index contributed by atoms with van der Waals surface area (Å²) >= 11 is 5.92. The Morgan fingerprint density at radius 1 is 1.07 bits per heavy atom. The molecule has 0 fully saturated rings. The van der Waals surface area contributed by atoms with E-state index < -0.39 is 17.9 Å². The minimum absolute atomic E-state index is 0.313. The number of rotatable bonds is 8. The predicted octanol–water partition coefficient (Wildman–Crippen LogP) is 3.67. The van der Waals surface area contributed by atoms with Crippen molar-refractivity contribution >= 4 is 23.4 Å². The van der Waals surface area contributed by atoms with Crippen molar-refractivity contribution in [3.05, 3.63) is 52.5 Å². The SMILES string of the molecule is CCCOc1ccc(C(=O)NNC(=O)C(C)Oc2ccc(Cl)cc2C)cc1OC. The zero-order chi connectivity index (χ0) is 21.4. The Kier molecular flexibility index (Phi) is 8.15. The maximum atomic E-state index is 12.3. The van der Waals surface area contributed by atoms with Crippen molar-refractivity contribution in [3.63, 3.8) is 0 Å². The maximum Gasteiger partial charge on any atom is 0.279 e. The lowest BCUT2D eigenvalue weighted by Crippen LogP contribution is -2.47. The average Bonchev–Trinajstić information content (AvgIpc) is 2.71. The molecule has 156 valence electrons. The van der Waals surface area contributed by atoms with Crippen LogP contribution in [0.3, 0.4) is 0 Å². The Morgan fingerprint density at radius 2 is 1.79 bits per heavy atom. The third kappa shape index (κ3) is 6.29. The zero-order valence-corrected chi connectivity index (χ0v) is 17.6. The summed E-state index contributed by atoms with van der Waals surface area (Å²) < 4.78 is 16.5. The van der Waals surface area contributed by atoms with Crippen LogP contribution in [-0.2, 0) is 4.79 Å². The minimum Gasteiger partial charge on any atom is -0.493 e. The number of carbonyl (C=O) groups excluding carboxylic acids is 2. The van der Waals surface area contributed by atoms with Crippen LogP contribution in [0.1, 0.15) is 36.2 Å². The first-order valence-corrected chi connectivity index (χ1v) is 9.57. The molecule has 2 aromatic rings. The van der Waals surface area contributed by atoms with Crippen molar-refractivity contribution in [2.24, 2.45) is 0 Å². The third-order valence-corrected chi connectivity index (χ3v) is 4.23. The van der Waals surface area contributed by atoms with Gasteiger partial charge in [0.15, 0.2) is 17.6 Å². The van der Waals surface area contributed by atoms with E-state index in [2.05, 4.69) is 10.9 Å². The Morgan fingerprint density at radius 3 is 2.45 bits per heavy atom. The molecule has 1 atom stereocenters. The highest BCUT2D eigenvalue weighted by Gasteiger charge is 2.17. The summed E-state index contributed by atoms with van der Waals surface area (Å²) in [5.41, 5.74) is 5.84. The van der Waals surface area contributed by atoms with Gasteiger partial charge in [-0.3, -0.25) is 20.4 Å². The number of hydrogen-bond donors (Lipinski definition) is 2. The third-order valence-electron chi connectivity index (χ3n) is 4.00. The second kappa shape index (κ2) is 10.6. The van der Waals surface area contributed by atoms with Crippen LogP contribution in [0.15, 0.2) is 36.4 Å². The van der Waals surface area contributed by atoms with Gasteiger partial charge in [-0.2, -0.15) is 0 Å². The van der Waals surface area contributed by atoms with Crippen molar-refractivity contribution in [1.82, 2.24) is 10.9 Å². The van der Waals surface area contributed by atoms with Gasteiger partial charge in [0.05, 0.1) is 13.7 Å². The van der Waals surface area contributed by atoms with E-state index in [1.807, 2.05) is 13.8 Å². The van der Waals surface area contributed by atoms with E-state index >= 15 is 0 Å². The minimum atomic E-state index is -0.825. The number of ether oxygens (including phenoxy) is 3. The number of halogens is 1. The molecule has 2 N–H and O–H groups in total. The summed E-state index contributed by atoms with van der Waals surface area (Å²) in [6.07, 6.45) is 0.0299. The van der Waals surface area contributed by atoms with Crippen LogP contribution in [0, 0.1) is 6.92 Å². The van der Waals surface area contributed by atoms with Crippen LogP contribution in [0.4, 0.5) is 0 Å². The number of carbonyl (C=O) groups is 2. The first kappa shape index (κ1) is 22.4. The highest BCUT2D eigenvalue weighted by Crippen LogP contribution is 2.28. The summed E-state index contributed by atoms with van der Waals surface area (Å²) in [6.45, 7) is 5.95. The van der Waals surface area contributed by atoms with Gasteiger partial charge < -0.3 is 14.2 Å². The van der Waals surface area contributed by atoms with E-state index in [4.69, 9.17) is 25.8 Å². The van der Waals surface area contributed by atoms with Crippen molar-refractivity contribution in [3.8, 4) is 17.2 Å². The molecule has 2 aromatic carbocycles. The lowest BCUT2D eigenvalue weighted by molar-refractivity contribution is -0.128. The summed E-state index contributed by atoms with van der Waals surface area (Å²) in [4.78, 5) is 24.6. The molecular formula is C21H25ClN2O5. The van der Waals surface area contributed by atoms with Gasteiger partial charge in [-0.1, -0.05) is 18.5 Å². The van der Waals surface area contributed by atoms with Crippen molar-refractivity contribution < 1.29 is 23.8 Å². The monoisotopic (exact) mass is 420 g/mol. The number of methoxy groups -OCH3 is 1. The van der Waals surface area contributed by atoms with E-state index in [0.717, 1.165) is 12.0 Å². The Balaban J connectivity index is 1.94. The normalized spacial score (nSPS) is 11.3. The van der Waals surface area contributed by atoms with Gasteiger partial charge >= 0.3 is 0 Å². The molecule has 0 radical (unpaired) electrons. The molecule has 0 heterocycles. The molecule has 2 rings (SSSR count). The standard InChI is InChI=1S/C21H25ClN2O5/c1-5-10-28-18-8-6-15(12-19(18)27-4)21(26)24-23-20(25)14(3)29-17-9-7-16(22)11-13(17)2/h6-9,11-12,14H,5,10H2,1-4H3,(H,23,25)(H,24,26). The highest BCUT2D eigenvalue weighted by atomic mass is 35.5. The number of nitrogens with one attached hydrogen (secondary N) is 2. The van der Waals surface area contributed by atoms with Crippen molar-refractivity contribution in [2.45, 2.75) is 33.3 Å². The molecule has 0 saturated carbocycles. The molecule has 1 unspecified atom stereocenters. The fraction of sp³-hybridized carbons (Fsp3) is 0.333. The van der Waals surface area contributed by atoms with E-state index in [9.17, 15) is 9.59 Å². The topological polar surface area (TPSA) is 85.9 Å². The van der Waals surface area contributed by atoms with Gasteiger partial charge in [-0.25, -0.2) is 0 Å². The number of aryl methyl sites for hydroxylation is 1. The molecule has 8 heteroatoms. The van der Waals surface area contributed by atoms with Crippen LogP contribution < -0.4 is 25.1 Å². The molecule has 0 aliphatic rings. The van der Waals surface area contributed by atoms with Gasteiger partial charge in [-0.15, -0.1) is 0 Å². The number of benzene rings is 2. The Hall–Kier alpha value is -2.93. The first-order valence-electron chi connectivity index (χ1n) is 9.19. The second-order valence-corrected chi connectivity index (χ2v) is 6.76. The molecule has 0 aliphatic carbocycles. The number of amides is 2. The Labute approximate surface area is 175 Å². The highest BCUT2D eigenvalue weighted by molar-refractivity contribution is 6.30. The number of hydrazine groups is 1. The van der Waals surface area contributed by atoms with Crippen LogP contribution >= 0.6 is 11.6 Å². The van der Waals surface area contributed by atoms with E-state index in [0.29, 0.717) is 34.4 Å². The average molecular weight is 421 g/mol. The van der Waals surface area contributed by atoms with Crippen LogP contribution in [0.2, 0.25) is 5.02 Å². The van der Waals surface area contributed by atoms with Gasteiger partial charge in [0.1, 0.15) is 5.75 Å². The second-order valence-electron chi connectivity index (χ2n) is 6.33. The number of hydrogen-bond acceptors (Lipinski definition) is 5. The lowest BCUT2D eigenvalue weighted by atomic mass is 10.2. The summed E-state index contributed by atoms with van der Waals surface area (Å²) in [5, 5.41) is 0.584. The summed E-state index contributed by atoms with van der Waals surface area (Å²) in [7, 11) is 1.50. The first-order chi connectivity index (χ1) is 13.8. The summed E-state index contributed by atoms with van der Waals surface area (Å²) in [6, 6.07) is 9.90. The van der Waals surface area contributed by atoms with Crippen LogP contribution in [-0.4, -0.2) is 31.6 Å².